The zero-order valence-corrected chi connectivity index (χ0v) is 19.5. The Morgan fingerprint density at radius 1 is 1.21 bits per heavy atom. The van der Waals surface area contributed by atoms with E-state index in [2.05, 4.69) is 37.3 Å². The Balaban J connectivity index is 2.27. The van der Waals surface area contributed by atoms with Gasteiger partial charge in [0.15, 0.2) is 12.1 Å². The molecule has 196 valence electrons. The van der Waals surface area contributed by atoms with E-state index in [0.717, 1.165) is 0 Å². The number of aliphatic hydroxyl groups is 2. The first-order chi connectivity index (χ1) is 15.1. The number of nitrogens with one attached hydrogen (secondary N) is 1. The molecule has 0 aromatic rings. The monoisotopic (exact) mass is 584 g/mol. The van der Waals surface area contributed by atoms with Gasteiger partial charge >= 0.3 is 29.6 Å². The van der Waals surface area contributed by atoms with Crippen LogP contribution in [0.1, 0.15) is 0 Å². The summed E-state index contributed by atoms with van der Waals surface area (Å²) < 4.78 is 104. The first-order valence-corrected chi connectivity index (χ1v) is 13.1. The first kappa shape index (κ1) is 29.4. The highest BCUT2D eigenvalue weighted by atomic mass is 32.1. The molecule has 2 rings (SSSR count). The maximum absolute atomic E-state index is 13.8. The quantitative estimate of drug-likeness (QED) is 0.115. The van der Waals surface area contributed by atoms with Crippen molar-refractivity contribution in [3.05, 3.63) is 24.4 Å². The topological polar surface area (TPSA) is 225 Å². The molecule has 0 aromatic carbocycles. The van der Waals surface area contributed by atoms with Gasteiger partial charge in [0.2, 0.25) is 5.60 Å². The van der Waals surface area contributed by atoms with Crippen LogP contribution in [0.3, 0.4) is 0 Å². The Morgan fingerprint density at radius 3 is 2.26 bits per heavy atom. The Morgan fingerprint density at radius 2 is 1.76 bits per heavy atom. The predicted octanol–water partition coefficient (Wildman–Crippen LogP) is 0.224. The molecular formula is C11H15F4N2O13P3S. The van der Waals surface area contributed by atoms with Gasteiger partial charge in [0, 0.05) is 6.20 Å². The van der Waals surface area contributed by atoms with Crippen molar-refractivity contribution in [1.82, 2.24) is 10.2 Å². The summed E-state index contributed by atoms with van der Waals surface area (Å²) in [4.78, 5) is 35.1. The summed E-state index contributed by atoms with van der Waals surface area (Å²) in [5, 5.41) is 22.5. The fourth-order valence-electron chi connectivity index (χ4n) is 2.68. The second-order valence-electron chi connectivity index (χ2n) is 6.47. The molecule has 0 saturated carbocycles. The van der Waals surface area contributed by atoms with Crippen LogP contribution in [0.2, 0.25) is 0 Å². The number of ether oxygens (including phenoxy) is 1. The zero-order chi connectivity index (χ0) is 26.5. The van der Waals surface area contributed by atoms with Gasteiger partial charge in [0.1, 0.15) is 23.0 Å². The summed E-state index contributed by atoms with van der Waals surface area (Å²) in [7, 11) is -17.5. The molecule has 15 nitrogen and oxygen atoms in total. The van der Waals surface area contributed by atoms with Crippen molar-refractivity contribution in [1.29, 1.82) is 0 Å². The third-order valence-electron chi connectivity index (χ3n) is 4.05. The summed E-state index contributed by atoms with van der Waals surface area (Å²) in [6.45, 7) is 1.74. The zero-order valence-electron chi connectivity index (χ0n) is 16.0. The molecular weight excluding hydrogens is 569 g/mol. The predicted molar refractivity (Wildman–Crippen MR) is 101 cm³/mol. The molecule has 1 fully saturated rings. The number of hydrogen-bond donors (Lipinski definition) is 7. The van der Waals surface area contributed by atoms with Gasteiger partial charge in [-0.15, -0.1) is 0 Å². The molecule has 2 aliphatic rings. The standard InChI is InChI=1S/C11H15F4N2O13P3S/c1-4-16-8(34)5(12)2-17(4)9-10(19,11(13,14)15)7(18)6(28-9)3-27-32(23,24)30-33(25,26)29-31(20,21)22/h2,6-7,9,18-19H,1,3H2,(H,16,34)(H,23,24)(H,25,26)(H2,20,21,22). The van der Waals surface area contributed by atoms with Crippen LogP contribution >= 0.6 is 35.7 Å². The van der Waals surface area contributed by atoms with Crippen molar-refractivity contribution in [2.45, 2.75) is 30.2 Å². The summed E-state index contributed by atoms with van der Waals surface area (Å²) in [5.41, 5.74) is -4.18. The minimum Gasteiger partial charge on any atom is -0.387 e. The Hall–Kier alpha value is -0.820. The lowest BCUT2D eigenvalue weighted by Crippen LogP contribution is -2.63. The van der Waals surface area contributed by atoms with Gasteiger partial charge in [-0.2, -0.15) is 21.8 Å². The van der Waals surface area contributed by atoms with E-state index in [9.17, 15) is 46.4 Å². The number of aliphatic hydroxyl groups excluding tert-OH is 1. The third kappa shape index (κ3) is 6.48. The van der Waals surface area contributed by atoms with Crippen LogP contribution in [0.25, 0.3) is 0 Å². The first-order valence-electron chi connectivity index (χ1n) is 8.16. The lowest BCUT2D eigenvalue weighted by atomic mass is 9.92. The lowest BCUT2D eigenvalue weighted by Gasteiger charge is -2.40. The van der Waals surface area contributed by atoms with E-state index < -0.39 is 76.9 Å². The lowest BCUT2D eigenvalue weighted by molar-refractivity contribution is -0.305. The molecule has 2 heterocycles. The minimum atomic E-state index is -5.94. The maximum atomic E-state index is 13.8. The fourth-order valence-corrected chi connectivity index (χ4v) is 5.88. The van der Waals surface area contributed by atoms with Crippen LogP contribution in [0.4, 0.5) is 17.6 Å². The molecule has 2 aliphatic heterocycles. The van der Waals surface area contributed by atoms with Crippen molar-refractivity contribution in [3.8, 4) is 0 Å². The summed E-state index contributed by atoms with van der Waals surface area (Å²) >= 11 is 4.56. The SMILES string of the molecule is C=C1NC(=S)C(F)=CN1C1OC(COP(=O)(O)OP(=O)(O)OP(=O)(O)O)C(O)C1(O)C(F)(F)F. The molecule has 0 radical (unpaired) electrons. The van der Waals surface area contributed by atoms with Crippen LogP contribution in [-0.2, 0) is 31.6 Å². The van der Waals surface area contributed by atoms with E-state index in [-0.39, 0.29) is 4.90 Å². The van der Waals surface area contributed by atoms with Crippen LogP contribution in [0.15, 0.2) is 24.4 Å². The number of halogens is 4. The van der Waals surface area contributed by atoms with Crippen molar-refractivity contribution in [2.24, 2.45) is 0 Å². The Labute approximate surface area is 191 Å². The minimum absolute atomic E-state index is 0.284. The van der Waals surface area contributed by atoms with E-state index in [1.807, 2.05) is 0 Å². The number of nitrogens with zero attached hydrogens (tertiary/aromatic N) is 1. The van der Waals surface area contributed by atoms with Crippen LogP contribution < -0.4 is 5.32 Å². The van der Waals surface area contributed by atoms with E-state index >= 15 is 0 Å². The van der Waals surface area contributed by atoms with Crippen molar-refractivity contribution < 1.29 is 78.9 Å². The van der Waals surface area contributed by atoms with Crippen molar-refractivity contribution >= 4 is 40.7 Å². The molecule has 6 unspecified atom stereocenters. The molecule has 0 amide bonds. The summed E-state index contributed by atoms with van der Waals surface area (Å²) in [6.07, 6.45) is -13.3. The highest BCUT2D eigenvalue weighted by Crippen LogP contribution is 2.66. The van der Waals surface area contributed by atoms with Crippen LogP contribution in [0, 0.1) is 0 Å². The van der Waals surface area contributed by atoms with E-state index in [0.29, 0.717) is 6.20 Å². The van der Waals surface area contributed by atoms with E-state index in [4.69, 9.17) is 19.4 Å². The van der Waals surface area contributed by atoms with Gasteiger partial charge in [0.25, 0.3) is 0 Å². The van der Waals surface area contributed by atoms with E-state index in [1.54, 1.807) is 0 Å². The van der Waals surface area contributed by atoms with Gasteiger partial charge < -0.3 is 44.7 Å². The number of thiocarbonyl (C=S) groups is 1. The molecule has 0 aromatic heterocycles. The molecule has 34 heavy (non-hydrogen) atoms. The largest absolute Gasteiger partial charge is 0.490 e. The second-order valence-corrected chi connectivity index (χ2v) is 11.3. The van der Waals surface area contributed by atoms with Crippen LogP contribution in [-0.4, -0.2) is 76.5 Å². The van der Waals surface area contributed by atoms with Crippen molar-refractivity contribution in [3.63, 3.8) is 0 Å². The highest BCUT2D eigenvalue weighted by molar-refractivity contribution is 7.80. The van der Waals surface area contributed by atoms with Gasteiger partial charge in [0.05, 0.1) is 6.61 Å². The van der Waals surface area contributed by atoms with Gasteiger partial charge in [-0.3, -0.25) is 4.52 Å². The molecule has 7 N–H and O–H groups in total. The number of hydrogen-bond acceptors (Lipinski definition) is 11. The third-order valence-corrected chi connectivity index (χ3v) is 8.15. The molecule has 0 aliphatic carbocycles. The smallest absolute Gasteiger partial charge is 0.387 e. The molecule has 6 atom stereocenters. The average Bonchev–Trinajstić information content (AvgIpc) is 2.85. The Kier molecular flexibility index (Phi) is 8.28. The van der Waals surface area contributed by atoms with Gasteiger partial charge in [-0.1, -0.05) is 18.8 Å². The normalized spacial score (nSPS) is 32.1. The molecule has 0 bridgehead atoms. The average molecular weight is 584 g/mol. The second kappa shape index (κ2) is 9.57. The van der Waals surface area contributed by atoms with Gasteiger partial charge in [-0.25, -0.2) is 18.1 Å². The number of phosphoric acid groups is 3. The Bertz CT molecular complexity index is 1040. The highest BCUT2D eigenvalue weighted by Gasteiger charge is 2.72. The maximum Gasteiger partial charge on any atom is 0.490 e. The van der Waals surface area contributed by atoms with Crippen molar-refractivity contribution in [2.75, 3.05) is 6.61 Å². The van der Waals surface area contributed by atoms with E-state index in [1.165, 1.54) is 0 Å². The number of alkyl halides is 3. The molecule has 0 spiro atoms. The van der Waals surface area contributed by atoms with Crippen LogP contribution in [0.5, 0.6) is 0 Å². The van der Waals surface area contributed by atoms with Gasteiger partial charge in [-0.05, 0) is 0 Å². The summed E-state index contributed by atoms with van der Waals surface area (Å²) in [6, 6.07) is 0. The number of phosphoric ester groups is 1. The summed E-state index contributed by atoms with van der Waals surface area (Å²) in [5.74, 6) is -1.80. The number of rotatable bonds is 8. The molecule has 1 saturated heterocycles. The molecule has 23 heteroatoms. The fraction of sp³-hybridized carbons (Fsp3) is 0.545.